The van der Waals surface area contributed by atoms with E-state index in [9.17, 15) is 4.79 Å². The average Bonchev–Trinajstić information content (AvgIpc) is 2.33. The average molecular weight is 286 g/mol. The predicted molar refractivity (Wildman–Crippen MR) is 79.7 cm³/mol. The molecule has 118 valence electrons. The minimum atomic E-state index is -0.0990. The summed E-state index contributed by atoms with van der Waals surface area (Å²) in [5.74, 6) is 0. The van der Waals surface area contributed by atoms with Crippen LogP contribution in [0.5, 0.6) is 0 Å². The normalized spacial score (nSPS) is 27.1. The van der Waals surface area contributed by atoms with Gasteiger partial charge in [0.1, 0.15) is 0 Å². The lowest BCUT2D eigenvalue weighted by molar-refractivity contribution is -0.0402. The van der Waals surface area contributed by atoms with Crippen LogP contribution < -0.4 is 10.6 Å². The quantitative estimate of drug-likeness (QED) is 0.654. The molecule has 0 radical (unpaired) electrons. The van der Waals surface area contributed by atoms with Crippen molar-refractivity contribution in [2.24, 2.45) is 5.41 Å². The molecule has 2 unspecified atom stereocenters. The van der Waals surface area contributed by atoms with Crippen molar-refractivity contribution in [1.82, 2.24) is 10.6 Å². The second kappa shape index (κ2) is 7.84. The Hall–Kier alpha value is -0.810. The Morgan fingerprint density at radius 2 is 1.90 bits per heavy atom. The lowest BCUT2D eigenvalue weighted by Crippen LogP contribution is -2.47. The van der Waals surface area contributed by atoms with Gasteiger partial charge >= 0.3 is 6.03 Å². The van der Waals surface area contributed by atoms with Gasteiger partial charge in [0.05, 0.1) is 12.2 Å². The molecule has 2 amide bonds. The monoisotopic (exact) mass is 286 g/mol. The molecule has 0 spiro atoms. The van der Waals surface area contributed by atoms with Crippen molar-refractivity contribution in [3.63, 3.8) is 0 Å². The van der Waals surface area contributed by atoms with Crippen LogP contribution in [0.15, 0.2) is 0 Å². The summed E-state index contributed by atoms with van der Waals surface area (Å²) >= 11 is 0. The fourth-order valence-electron chi connectivity index (χ4n) is 2.61. The number of nitrogens with one attached hydrogen (secondary N) is 2. The highest BCUT2D eigenvalue weighted by atomic mass is 16.5. The summed E-state index contributed by atoms with van der Waals surface area (Å²) in [7, 11) is 0. The van der Waals surface area contributed by atoms with E-state index < -0.39 is 0 Å². The molecule has 0 aliphatic carbocycles. The predicted octanol–water partition coefficient (Wildman–Crippen LogP) is 2.04. The number of carbonyl (C=O) groups excluding carboxylic acids is 1. The van der Waals surface area contributed by atoms with Crippen molar-refractivity contribution in [3.8, 4) is 0 Å². The van der Waals surface area contributed by atoms with Gasteiger partial charge in [0.25, 0.3) is 0 Å². The molecule has 3 N–H and O–H groups in total. The zero-order valence-corrected chi connectivity index (χ0v) is 13.2. The fraction of sp³-hybridized carbons (Fsp3) is 0.933. The largest absolute Gasteiger partial charge is 0.396 e. The van der Waals surface area contributed by atoms with Gasteiger partial charge in [0.15, 0.2) is 0 Å². The molecule has 0 saturated carbocycles. The molecule has 1 saturated heterocycles. The number of rotatable bonds is 6. The van der Waals surface area contributed by atoms with Crippen LogP contribution in [0.1, 0.15) is 53.4 Å². The number of hydrogen-bond acceptors (Lipinski definition) is 3. The third-order valence-corrected chi connectivity index (χ3v) is 3.78. The molecule has 1 aliphatic rings. The number of urea groups is 1. The molecule has 0 aromatic rings. The van der Waals surface area contributed by atoms with Crippen LogP contribution in [0.3, 0.4) is 0 Å². The van der Waals surface area contributed by atoms with Crippen molar-refractivity contribution in [2.45, 2.75) is 71.6 Å². The fourth-order valence-corrected chi connectivity index (χ4v) is 2.61. The Balaban J connectivity index is 2.17. The third kappa shape index (κ3) is 6.57. The molecule has 5 heteroatoms. The molecule has 0 bridgehead atoms. The number of ether oxygens (including phenoxy) is 1. The van der Waals surface area contributed by atoms with E-state index in [2.05, 4.69) is 10.6 Å². The first kappa shape index (κ1) is 17.2. The van der Waals surface area contributed by atoms with Crippen molar-refractivity contribution in [2.75, 3.05) is 13.2 Å². The van der Waals surface area contributed by atoms with Crippen molar-refractivity contribution >= 4 is 6.03 Å². The highest BCUT2D eigenvalue weighted by molar-refractivity contribution is 5.74. The topological polar surface area (TPSA) is 70.6 Å². The van der Waals surface area contributed by atoms with Gasteiger partial charge in [-0.2, -0.15) is 0 Å². The maximum atomic E-state index is 11.8. The van der Waals surface area contributed by atoms with E-state index in [4.69, 9.17) is 9.84 Å². The Morgan fingerprint density at radius 1 is 1.30 bits per heavy atom. The summed E-state index contributed by atoms with van der Waals surface area (Å²) in [5.41, 5.74) is -0.0657. The number of hydrogen-bond donors (Lipinski definition) is 3. The summed E-state index contributed by atoms with van der Waals surface area (Å²) < 4.78 is 5.65. The van der Waals surface area contributed by atoms with Crippen LogP contribution in [-0.2, 0) is 4.74 Å². The van der Waals surface area contributed by atoms with E-state index in [0.29, 0.717) is 6.54 Å². The lowest BCUT2D eigenvalue weighted by Gasteiger charge is -2.32. The zero-order valence-electron chi connectivity index (χ0n) is 13.2. The maximum Gasteiger partial charge on any atom is 0.315 e. The Bertz CT molecular complexity index is 297. The van der Waals surface area contributed by atoms with Crippen LogP contribution in [0.4, 0.5) is 4.79 Å². The summed E-state index contributed by atoms with van der Waals surface area (Å²) in [6.07, 6.45) is 3.92. The molecule has 1 rings (SSSR count). The zero-order chi connectivity index (χ0) is 15.2. The molecule has 1 heterocycles. The lowest BCUT2D eigenvalue weighted by atomic mass is 9.89. The third-order valence-electron chi connectivity index (χ3n) is 3.78. The van der Waals surface area contributed by atoms with Gasteiger partial charge in [0.2, 0.25) is 0 Å². The summed E-state index contributed by atoms with van der Waals surface area (Å²) in [5, 5.41) is 15.1. The van der Waals surface area contributed by atoms with Gasteiger partial charge in [-0.25, -0.2) is 4.79 Å². The van der Waals surface area contributed by atoms with Crippen molar-refractivity contribution in [3.05, 3.63) is 0 Å². The Labute approximate surface area is 122 Å². The van der Waals surface area contributed by atoms with E-state index >= 15 is 0 Å². The standard InChI is InChI=1S/C15H30N2O3/c1-11-8-13(9-12(2)20-11)17-14(19)16-7-5-6-15(3,4)10-18/h11-13,18H,5-10H2,1-4H3,(H2,16,17,19). The minimum absolute atomic E-state index is 0.0657. The molecule has 1 fully saturated rings. The van der Waals surface area contributed by atoms with E-state index in [-0.39, 0.29) is 36.3 Å². The minimum Gasteiger partial charge on any atom is -0.396 e. The van der Waals surface area contributed by atoms with E-state index in [1.165, 1.54) is 0 Å². The number of amides is 2. The number of carbonyl (C=O) groups is 1. The van der Waals surface area contributed by atoms with Gasteiger partial charge in [-0.3, -0.25) is 0 Å². The summed E-state index contributed by atoms with van der Waals surface area (Å²) in [6.45, 7) is 8.95. The summed E-state index contributed by atoms with van der Waals surface area (Å²) in [6, 6.07) is 0.0979. The highest BCUT2D eigenvalue weighted by Gasteiger charge is 2.25. The van der Waals surface area contributed by atoms with Gasteiger partial charge in [-0.15, -0.1) is 0 Å². The number of aliphatic hydroxyl groups excluding tert-OH is 1. The Kier molecular flexibility index (Phi) is 6.76. The van der Waals surface area contributed by atoms with Crippen LogP contribution in [0, 0.1) is 5.41 Å². The smallest absolute Gasteiger partial charge is 0.315 e. The molecule has 20 heavy (non-hydrogen) atoms. The van der Waals surface area contributed by atoms with Crippen molar-refractivity contribution in [1.29, 1.82) is 0 Å². The Morgan fingerprint density at radius 3 is 2.45 bits per heavy atom. The van der Waals surface area contributed by atoms with Crippen LogP contribution >= 0.6 is 0 Å². The van der Waals surface area contributed by atoms with E-state index in [1.807, 2.05) is 27.7 Å². The first-order chi connectivity index (χ1) is 9.32. The molecule has 0 aromatic heterocycles. The van der Waals surface area contributed by atoms with E-state index in [1.54, 1.807) is 0 Å². The highest BCUT2D eigenvalue weighted by Crippen LogP contribution is 2.20. The first-order valence-electron chi connectivity index (χ1n) is 7.63. The molecular weight excluding hydrogens is 256 g/mol. The molecule has 5 nitrogen and oxygen atoms in total. The molecular formula is C15H30N2O3. The molecule has 0 aromatic carbocycles. The van der Waals surface area contributed by atoms with Crippen LogP contribution in [-0.4, -0.2) is 42.5 Å². The van der Waals surface area contributed by atoms with Gasteiger partial charge < -0.3 is 20.5 Å². The molecule has 2 atom stereocenters. The van der Waals surface area contributed by atoms with Crippen LogP contribution in [0.2, 0.25) is 0 Å². The first-order valence-corrected chi connectivity index (χ1v) is 7.63. The summed E-state index contributed by atoms with van der Waals surface area (Å²) in [4.78, 5) is 11.8. The second-order valence-electron chi connectivity index (χ2n) is 6.75. The van der Waals surface area contributed by atoms with E-state index in [0.717, 1.165) is 25.7 Å². The SMILES string of the molecule is CC1CC(NC(=O)NCCCC(C)(C)CO)CC(C)O1. The maximum absolute atomic E-state index is 11.8. The van der Waals surface area contributed by atoms with Gasteiger partial charge in [-0.05, 0) is 44.9 Å². The second-order valence-corrected chi connectivity index (χ2v) is 6.75. The molecule has 1 aliphatic heterocycles. The van der Waals surface area contributed by atoms with Crippen molar-refractivity contribution < 1.29 is 14.6 Å². The van der Waals surface area contributed by atoms with Gasteiger partial charge in [-0.1, -0.05) is 13.8 Å². The van der Waals surface area contributed by atoms with Crippen LogP contribution in [0.25, 0.3) is 0 Å². The number of aliphatic hydroxyl groups is 1. The van der Waals surface area contributed by atoms with Gasteiger partial charge in [0, 0.05) is 19.2 Å².